The van der Waals surface area contributed by atoms with E-state index in [-0.39, 0.29) is 18.0 Å². The van der Waals surface area contributed by atoms with E-state index in [1.54, 1.807) is 14.2 Å². The number of aryl methyl sites for hydroxylation is 1. The maximum atomic E-state index is 13.8. The maximum absolute atomic E-state index is 13.8. The van der Waals surface area contributed by atoms with E-state index >= 15 is 0 Å². The van der Waals surface area contributed by atoms with Crippen LogP contribution in [0.4, 0.5) is 10.6 Å². The van der Waals surface area contributed by atoms with E-state index in [0.29, 0.717) is 41.0 Å². The summed E-state index contributed by atoms with van der Waals surface area (Å²) in [4.78, 5) is 39.3. The minimum Gasteiger partial charge on any atom is -0.494 e. The fourth-order valence-electron chi connectivity index (χ4n) is 6.89. The van der Waals surface area contributed by atoms with E-state index in [1.807, 2.05) is 40.8 Å². The number of piperidine rings is 1. The van der Waals surface area contributed by atoms with Crippen LogP contribution in [0.2, 0.25) is 0 Å². The third-order valence-corrected chi connectivity index (χ3v) is 9.45. The number of amides is 2. The topological polar surface area (TPSA) is 121 Å². The van der Waals surface area contributed by atoms with Gasteiger partial charge in [-0.1, -0.05) is 0 Å². The Kier molecular flexibility index (Phi) is 6.38. The van der Waals surface area contributed by atoms with E-state index in [0.717, 1.165) is 53.9 Å². The molecule has 4 heterocycles. The summed E-state index contributed by atoms with van der Waals surface area (Å²) in [6, 6.07) is 9.87. The van der Waals surface area contributed by atoms with Crippen molar-refractivity contribution < 1.29 is 19.1 Å². The molecule has 4 aromatic rings. The SMILES string of the molecule is COC(=O)N(C)c1ccc2cc(-c3nc4cc(C(=O)N5C[C@H](N)[C@H]6CC[C@@H]5C6)cc(OC)c4n3C)n(CC3CC3)c2n1. The summed E-state index contributed by atoms with van der Waals surface area (Å²) >= 11 is 0. The monoisotopic (exact) mass is 571 g/mol. The van der Waals surface area contributed by atoms with Gasteiger partial charge in [-0.25, -0.2) is 14.8 Å². The molecule has 2 saturated carbocycles. The van der Waals surface area contributed by atoms with E-state index in [4.69, 9.17) is 25.2 Å². The smallest absolute Gasteiger partial charge is 0.414 e. The lowest BCUT2D eigenvalue weighted by Gasteiger charge is -2.37. The molecule has 0 spiro atoms. The van der Waals surface area contributed by atoms with Crippen molar-refractivity contribution in [1.29, 1.82) is 0 Å². The number of rotatable bonds is 6. The van der Waals surface area contributed by atoms with Crippen molar-refractivity contribution in [3.8, 4) is 17.3 Å². The number of aromatic nitrogens is 4. The zero-order valence-electron chi connectivity index (χ0n) is 24.5. The molecule has 3 aliphatic rings. The molecular weight excluding hydrogens is 534 g/mol. The summed E-state index contributed by atoms with van der Waals surface area (Å²) in [5, 5.41) is 0.957. The summed E-state index contributed by atoms with van der Waals surface area (Å²) in [7, 11) is 6.60. The number of fused-ring (bicyclic) bond motifs is 4. The molecule has 42 heavy (non-hydrogen) atoms. The number of ether oxygens (including phenoxy) is 2. The molecular formula is C31H37N7O4. The lowest BCUT2D eigenvalue weighted by Crippen LogP contribution is -2.51. The quantitative estimate of drug-likeness (QED) is 0.369. The first-order valence-corrected chi connectivity index (χ1v) is 14.7. The van der Waals surface area contributed by atoms with Gasteiger partial charge < -0.3 is 29.2 Å². The predicted octanol–water partition coefficient (Wildman–Crippen LogP) is 4.16. The number of hydrogen-bond donors (Lipinski definition) is 1. The number of carbonyl (C=O) groups is 2. The van der Waals surface area contributed by atoms with Gasteiger partial charge in [0, 0.05) is 50.2 Å². The molecule has 11 heteroatoms. The van der Waals surface area contributed by atoms with Crippen molar-refractivity contribution in [2.24, 2.45) is 24.6 Å². The molecule has 0 radical (unpaired) electrons. The fraction of sp³-hybridized carbons (Fsp3) is 0.484. The van der Waals surface area contributed by atoms with Gasteiger partial charge in [0.25, 0.3) is 5.91 Å². The number of imidazole rings is 1. The first-order chi connectivity index (χ1) is 20.3. The molecule has 0 unspecified atom stereocenters. The van der Waals surface area contributed by atoms with Crippen LogP contribution < -0.4 is 15.4 Å². The average molecular weight is 572 g/mol. The standard InChI is InChI=1S/C31H37N7O4/c1-35(31(40)42-4)26-10-8-19-13-24(38(28(19)34-26)15-17-5-6-17)29-33-23-12-20(14-25(41-3)27(23)36(29)2)30(39)37-16-22(32)18-7-9-21(37)11-18/h8,10,12-14,17-18,21-22H,5-7,9,11,15-16,32H2,1-4H3/t18-,21+,22-/m0/s1. The van der Waals surface area contributed by atoms with Crippen molar-refractivity contribution >= 4 is 39.9 Å². The molecule has 11 nitrogen and oxygen atoms in total. The second kappa shape index (κ2) is 10.0. The summed E-state index contributed by atoms with van der Waals surface area (Å²) in [6.45, 7) is 1.39. The molecule has 2 N–H and O–H groups in total. The number of anilines is 1. The maximum Gasteiger partial charge on any atom is 0.414 e. The normalized spacial score (nSPS) is 21.7. The number of hydrogen-bond acceptors (Lipinski definition) is 7. The molecule has 2 bridgehead atoms. The second-order valence-electron chi connectivity index (χ2n) is 12.1. The minimum atomic E-state index is -0.477. The van der Waals surface area contributed by atoms with Crippen LogP contribution in [0.15, 0.2) is 30.3 Å². The van der Waals surface area contributed by atoms with Crippen LogP contribution >= 0.6 is 0 Å². The Morgan fingerprint density at radius 3 is 2.64 bits per heavy atom. The third-order valence-electron chi connectivity index (χ3n) is 9.45. The molecule has 2 aliphatic carbocycles. The minimum absolute atomic E-state index is 0.0162. The Labute approximate surface area is 244 Å². The number of methoxy groups -OCH3 is 2. The average Bonchev–Trinajstić information content (AvgIpc) is 3.47. The van der Waals surface area contributed by atoms with Gasteiger partial charge >= 0.3 is 6.09 Å². The molecule has 1 saturated heterocycles. The van der Waals surface area contributed by atoms with Gasteiger partial charge in [0.1, 0.15) is 22.7 Å². The Hall–Kier alpha value is -4.12. The molecule has 1 aromatic carbocycles. The number of likely N-dealkylation sites (tertiary alicyclic amines) is 1. The van der Waals surface area contributed by atoms with E-state index in [9.17, 15) is 9.59 Å². The fourth-order valence-corrected chi connectivity index (χ4v) is 6.89. The van der Waals surface area contributed by atoms with Gasteiger partial charge in [0.05, 0.1) is 25.4 Å². The third kappa shape index (κ3) is 4.29. The van der Waals surface area contributed by atoms with E-state index in [2.05, 4.69) is 10.6 Å². The summed E-state index contributed by atoms with van der Waals surface area (Å²) in [6.07, 6.45) is 4.94. The van der Waals surface area contributed by atoms with Crippen molar-refractivity contribution in [1.82, 2.24) is 24.0 Å². The van der Waals surface area contributed by atoms with Crippen molar-refractivity contribution in [3.05, 3.63) is 35.9 Å². The summed E-state index contributed by atoms with van der Waals surface area (Å²) in [5.41, 5.74) is 10.2. The van der Waals surface area contributed by atoms with Gasteiger partial charge in [-0.15, -0.1) is 0 Å². The molecule has 2 amide bonds. The predicted molar refractivity (Wildman–Crippen MR) is 160 cm³/mol. The number of pyridine rings is 1. The van der Waals surface area contributed by atoms with Crippen LogP contribution in [0.3, 0.4) is 0 Å². The Bertz CT molecular complexity index is 1720. The van der Waals surface area contributed by atoms with Crippen LogP contribution in [0.25, 0.3) is 33.6 Å². The van der Waals surface area contributed by atoms with Crippen LogP contribution in [0.5, 0.6) is 5.75 Å². The Morgan fingerprint density at radius 2 is 1.90 bits per heavy atom. The molecule has 7 rings (SSSR count). The highest BCUT2D eigenvalue weighted by molar-refractivity contribution is 6.00. The molecule has 3 aromatic heterocycles. The Morgan fingerprint density at radius 1 is 1.10 bits per heavy atom. The van der Waals surface area contributed by atoms with Crippen molar-refractivity contribution in [2.75, 3.05) is 32.7 Å². The highest BCUT2D eigenvalue weighted by atomic mass is 16.5. The molecule has 3 fully saturated rings. The van der Waals surface area contributed by atoms with Crippen molar-refractivity contribution in [2.45, 2.75) is 50.7 Å². The van der Waals surface area contributed by atoms with Crippen LogP contribution in [-0.2, 0) is 18.3 Å². The van der Waals surface area contributed by atoms with Crippen LogP contribution in [0, 0.1) is 11.8 Å². The van der Waals surface area contributed by atoms with E-state index < -0.39 is 6.09 Å². The summed E-state index contributed by atoms with van der Waals surface area (Å²) in [5.74, 6) is 2.95. The van der Waals surface area contributed by atoms with Crippen LogP contribution in [0.1, 0.15) is 42.5 Å². The molecule has 3 atom stereocenters. The second-order valence-corrected chi connectivity index (χ2v) is 12.1. The van der Waals surface area contributed by atoms with Gasteiger partial charge in [-0.2, -0.15) is 0 Å². The number of nitrogens with zero attached hydrogens (tertiary/aromatic N) is 6. The Balaban J connectivity index is 1.33. The lowest BCUT2D eigenvalue weighted by molar-refractivity contribution is 0.0603. The molecule has 1 aliphatic heterocycles. The zero-order valence-corrected chi connectivity index (χ0v) is 24.5. The zero-order chi connectivity index (χ0) is 29.3. The largest absolute Gasteiger partial charge is 0.494 e. The first-order valence-electron chi connectivity index (χ1n) is 14.7. The number of carbonyl (C=O) groups excluding carboxylic acids is 2. The van der Waals surface area contributed by atoms with Crippen LogP contribution in [-0.4, -0.2) is 75.9 Å². The first kappa shape index (κ1) is 26.8. The van der Waals surface area contributed by atoms with Gasteiger partial charge in [0.15, 0.2) is 5.82 Å². The number of benzene rings is 1. The lowest BCUT2D eigenvalue weighted by atomic mass is 9.94. The molecule has 220 valence electrons. The number of nitrogens with two attached hydrogens (primary N) is 1. The highest BCUT2D eigenvalue weighted by Gasteiger charge is 2.41. The van der Waals surface area contributed by atoms with Gasteiger partial charge in [-0.05, 0) is 74.3 Å². The van der Waals surface area contributed by atoms with Gasteiger partial charge in [-0.3, -0.25) is 9.69 Å². The van der Waals surface area contributed by atoms with Crippen molar-refractivity contribution in [3.63, 3.8) is 0 Å². The highest BCUT2D eigenvalue weighted by Crippen LogP contribution is 2.40. The van der Waals surface area contributed by atoms with Gasteiger partial charge in [0.2, 0.25) is 0 Å². The summed E-state index contributed by atoms with van der Waals surface area (Å²) < 4.78 is 15.0. The van der Waals surface area contributed by atoms with E-state index in [1.165, 1.54) is 24.9 Å².